The molecule has 6 heteroatoms. The van der Waals surface area contributed by atoms with Gasteiger partial charge in [-0.2, -0.15) is 15.0 Å². The van der Waals surface area contributed by atoms with Crippen LogP contribution in [0.1, 0.15) is 27.2 Å². The average molecular weight is 255 g/mol. The largest absolute Gasteiger partial charge is 0.463 e. The Morgan fingerprint density at radius 3 is 2.71 bits per heavy atom. The molecule has 5 nitrogen and oxygen atoms in total. The molecule has 0 atom stereocenters. The van der Waals surface area contributed by atoms with Crippen LogP contribution >= 0.6 is 11.6 Å². The third-order valence-corrected chi connectivity index (χ3v) is 1.98. The van der Waals surface area contributed by atoms with Gasteiger partial charge in [0.25, 0.3) is 0 Å². The molecule has 0 saturated heterocycles. The standard InChI is InChI=1S/C11H15ClN4O/c1-5-7-17-10-14-8(12)13-9(15-10)16-11(3,4)6-2/h2H,5,7H2,1,3-4H3,(H,13,14,15,16). The summed E-state index contributed by atoms with van der Waals surface area (Å²) in [5.74, 6) is 2.88. The monoisotopic (exact) mass is 254 g/mol. The Balaban J connectivity index is 2.86. The van der Waals surface area contributed by atoms with E-state index in [0.717, 1.165) is 6.42 Å². The van der Waals surface area contributed by atoms with Crippen molar-refractivity contribution in [3.05, 3.63) is 5.28 Å². The van der Waals surface area contributed by atoms with Gasteiger partial charge in [0, 0.05) is 0 Å². The van der Waals surface area contributed by atoms with E-state index in [1.807, 2.05) is 20.8 Å². The minimum Gasteiger partial charge on any atom is -0.463 e. The summed E-state index contributed by atoms with van der Waals surface area (Å²) in [6, 6.07) is 0.196. The second-order valence-electron chi connectivity index (χ2n) is 3.95. The lowest BCUT2D eigenvalue weighted by molar-refractivity contribution is 0.291. The minimum atomic E-state index is -0.563. The molecule has 0 fully saturated rings. The number of aromatic nitrogens is 3. The second-order valence-corrected chi connectivity index (χ2v) is 4.29. The molecule has 1 aromatic heterocycles. The first-order valence-corrected chi connectivity index (χ1v) is 5.65. The van der Waals surface area contributed by atoms with Gasteiger partial charge < -0.3 is 10.1 Å². The quantitative estimate of drug-likeness (QED) is 0.816. The van der Waals surface area contributed by atoms with Crippen LogP contribution in [0.25, 0.3) is 0 Å². The number of rotatable bonds is 5. The van der Waals surface area contributed by atoms with Crippen LogP contribution in [0.4, 0.5) is 5.95 Å². The van der Waals surface area contributed by atoms with Crippen molar-refractivity contribution in [2.24, 2.45) is 0 Å². The fourth-order valence-corrected chi connectivity index (χ4v) is 1.11. The highest BCUT2D eigenvalue weighted by Crippen LogP contribution is 2.15. The van der Waals surface area contributed by atoms with Crippen molar-refractivity contribution in [1.29, 1.82) is 0 Å². The molecule has 0 radical (unpaired) electrons. The van der Waals surface area contributed by atoms with Crippen molar-refractivity contribution >= 4 is 17.5 Å². The molecule has 0 bridgehead atoms. The number of ether oxygens (including phenoxy) is 1. The third-order valence-electron chi connectivity index (χ3n) is 1.81. The van der Waals surface area contributed by atoms with Crippen molar-refractivity contribution in [2.45, 2.75) is 32.7 Å². The molecule has 0 aliphatic carbocycles. The highest BCUT2D eigenvalue weighted by atomic mass is 35.5. The van der Waals surface area contributed by atoms with Crippen molar-refractivity contribution in [2.75, 3.05) is 11.9 Å². The highest BCUT2D eigenvalue weighted by molar-refractivity contribution is 6.28. The second kappa shape index (κ2) is 5.69. The molecule has 1 heterocycles. The molecule has 0 amide bonds. The Bertz CT molecular complexity index is 428. The van der Waals surface area contributed by atoms with Gasteiger partial charge >= 0.3 is 6.01 Å². The predicted molar refractivity (Wildman–Crippen MR) is 67.2 cm³/mol. The molecule has 1 N–H and O–H groups in total. The Morgan fingerprint density at radius 2 is 2.12 bits per heavy atom. The summed E-state index contributed by atoms with van der Waals surface area (Å²) in [6.07, 6.45) is 6.23. The van der Waals surface area contributed by atoms with Crippen molar-refractivity contribution in [3.8, 4) is 18.4 Å². The Hall–Kier alpha value is -1.54. The molecule has 0 aromatic carbocycles. The van der Waals surface area contributed by atoms with E-state index in [1.54, 1.807) is 0 Å². The van der Waals surface area contributed by atoms with E-state index in [9.17, 15) is 0 Å². The van der Waals surface area contributed by atoms with E-state index in [2.05, 4.69) is 26.2 Å². The number of hydrogen-bond donors (Lipinski definition) is 1. The number of anilines is 1. The summed E-state index contributed by atoms with van der Waals surface area (Å²) in [5, 5.41) is 3.03. The molecule has 0 aliphatic heterocycles. The molecule has 92 valence electrons. The van der Waals surface area contributed by atoms with Crippen LogP contribution in [-0.2, 0) is 0 Å². The van der Waals surface area contributed by atoms with Crippen LogP contribution in [0.15, 0.2) is 0 Å². The Kier molecular flexibility index (Phi) is 4.53. The zero-order valence-electron chi connectivity index (χ0n) is 10.1. The van der Waals surface area contributed by atoms with Gasteiger partial charge in [0.1, 0.15) is 0 Å². The zero-order valence-corrected chi connectivity index (χ0v) is 10.9. The first-order valence-electron chi connectivity index (χ1n) is 5.27. The van der Waals surface area contributed by atoms with Gasteiger partial charge in [-0.05, 0) is 31.9 Å². The zero-order chi connectivity index (χ0) is 12.9. The maximum atomic E-state index is 5.77. The molecule has 1 aromatic rings. The van der Waals surface area contributed by atoms with Crippen molar-refractivity contribution in [1.82, 2.24) is 15.0 Å². The van der Waals surface area contributed by atoms with E-state index >= 15 is 0 Å². The lowest BCUT2D eigenvalue weighted by Gasteiger charge is -2.19. The number of hydrogen-bond acceptors (Lipinski definition) is 5. The fraction of sp³-hybridized carbons (Fsp3) is 0.545. The van der Waals surface area contributed by atoms with Gasteiger partial charge in [0.2, 0.25) is 11.2 Å². The normalized spacial score (nSPS) is 10.8. The summed E-state index contributed by atoms with van der Waals surface area (Å²) in [5.41, 5.74) is -0.563. The molecule has 17 heavy (non-hydrogen) atoms. The number of terminal acetylenes is 1. The number of nitrogens with one attached hydrogen (secondary N) is 1. The minimum absolute atomic E-state index is 0.0708. The predicted octanol–water partition coefficient (Wildman–Crippen LogP) is 2.14. The van der Waals surface area contributed by atoms with E-state index in [0.29, 0.717) is 12.6 Å². The smallest absolute Gasteiger partial charge is 0.322 e. The van der Waals surface area contributed by atoms with Crippen molar-refractivity contribution < 1.29 is 4.74 Å². The average Bonchev–Trinajstić information content (AvgIpc) is 2.25. The highest BCUT2D eigenvalue weighted by Gasteiger charge is 2.16. The van der Waals surface area contributed by atoms with Crippen LogP contribution in [0.5, 0.6) is 6.01 Å². The lowest BCUT2D eigenvalue weighted by Crippen LogP contribution is -2.29. The Labute approximate surface area is 106 Å². The van der Waals surface area contributed by atoms with Gasteiger partial charge in [0.05, 0.1) is 12.1 Å². The molecule has 0 aliphatic rings. The van der Waals surface area contributed by atoms with Crippen molar-refractivity contribution in [3.63, 3.8) is 0 Å². The van der Waals surface area contributed by atoms with E-state index in [-0.39, 0.29) is 11.3 Å². The van der Waals surface area contributed by atoms with E-state index < -0.39 is 5.54 Å². The summed E-state index contributed by atoms with van der Waals surface area (Å²) in [6.45, 7) is 6.18. The van der Waals surface area contributed by atoms with Crippen LogP contribution in [0.2, 0.25) is 5.28 Å². The van der Waals surface area contributed by atoms with E-state index in [4.69, 9.17) is 22.8 Å². The molecular weight excluding hydrogens is 240 g/mol. The molecule has 1 rings (SSSR count). The summed E-state index contributed by atoms with van der Waals surface area (Å²) in [4.78, 5) is 11.9. The van der Waals surface area contributed by atoms with Crippen LogP contribution in [0.3, 0.4) is 0 Å². The van der Waals surface area contributed by atoms with Gasteiger partial charge in [-0.15, -0.1) is 6.42 Å². The van der Waals surface area contributed by atoms with E-state index in [1.165, 1.54) is 0 Å². The topological polar surface area (TPSA) is 59.9 Å². The molecule has 0 saturated carbocycles. The maximum absolute atomic E-state index is 5.77. The van der Waals surface area contributed by atoms with Crippen LogP contribution in [-0.4, -0.2) is 27.1 Å². The van der Waals surface area contributed by atoms with Crippen LogP contribution in [0, 0.1) is 12.3 Å². The molecular formula is C11H15ClN4O. The molecule has 0 spiro atoms. The number of halogens is 1. The SMILES string of the molecule is C#CC(C)(C)Nc1nc(Cl)nc(OCCC)n1. The maximum Gasteiger partial charge on any atom is 0.322 e. The van der Waals surface area contributed by atoms with Gasteiger partial charge in [-0.25, -0.2) is 0 Å². The van der Waals surface area contributed by atoms with Gasteiger partial charge in [0.15, 0.2) is 0 Å². The van der Waals surface area contributed by atoms with Gasteiger partial charge in [-0.1, -0.05) is 12.8 Å². The molecule has 0 unspecified atom stereocenters. The first kappa shape index (κ1) is 13.5. The van der Waals surface area contributed by atoms with Gasteiger partial charge in [-0.3, -0.25) is 0 Å². The summed E-state index contributed by atoms with van der Waals surface area (Å²) < 4.78 is 5.29. The third kappa shape index (κ3) is 4.45. The summed E-state index contributed by atoms with van der Waals surface area (Å²) in [7, 11) is 0. The first-order chi connectivity index (χ1) is 7.96. The Morgan fingerprint density at radius 1 is 1.41 bits per heavy atom. The summed E-state index contributed by atoms with van der Waals surface area (Å²) >= 11 is 5.77. The van der Waals surface area contributed by atoms with Crippen LogP contribution < -0.4 is 10.1 Å². The number of nitrogens with zero attached hydrogens (tertiary/aromatic N) is 3. The lowest BCUT2D eigenvalue weighted by atomic mass is 10.1. The fourth-order valence-electron chi connectivity index (χ4n) is 0.961.